The molecular weight excluding hydrogens is 350 g/mol. The molecule has 0 atom stereocenters. The minimum atomic E-state index is -0.772. The zero-order chi connectivity index (χ0) is 18.0. The number of carbonyl (C=O) groups excluding carboxylic acids is 1. The second-order valence-electron chi connectivity index (χ2n) is 4.97. The van der Waals surface area contributed by atoms with Crippen LogP contribution in [0, 0.1) is 10.1 Å². The van der Waals surface area contributed by atoms with E-state index < -0.39 is 22.3 Å². The Morgan fingerprint density at radius 3 is 2.80 bits per heavy atom. The quantitative estimate of drug-likeness (QED) is 0.420. The Morgan fingerprint density at radius 1 is 1.32 bits per heavy atom. The van der Waals surface area contributed by atoms with Gasteiger partial charge in [-0.05, 0) is 18.2 Å². The molecule has 0 aliphatic rings. The first kappa shape index (κ1) is 16.5. The third-order valence-corrected chi connectivity index (χ3v) is 3.52. The van der Waals surface area contributed by atoms with Gasteiger partial charge in [0.15, 0.2) is 5.76 Å². The van der Waals surface area contributed by atoms with Gasteiger partial charge >= 0.3 is 11.6 Å². The minimum absolute atomic E-state index is 0.0101. The number of phenols is 1. The molecule has 0 saturated carbocycles. The van der Waals surface area contributed by atoms with Crippen LogP contribution in [0.2, 0.25) is 5.02 Å². The summed E-state index contributed by atoms with van der Waals surface area (Å²) in [7, 11) is 0. The van der Waals surface area contributed by atoms with E-state index in [0.29, 0.717) is 5.58 Å². The van der Waals surface area contributed by atoms with E-state index in [2.05, 4.69) is 10.5 Å². The van der Waals surface area contributed by atoms with E-state index in [-0.39, 0.29) is 16.3 Å². The van der Waals surface area contributed by atoms with Gasteiger partial charge in [0.05, 0.1) is 11.1 Å². The SMILES string of the molecule is O=C(N/N=C/c1cc(Cl)cc([N+](=O)[O-])c1O)c1cc2ccccc2o1. The van der Waals surface area contributed by atoms with E-state index in [1.54, 1.807) is 24.3 Å². The number of nitro groups is 1. The lowest BCUT2D eigenvalue weighted by Gasteiger charge is -2.01. The molecule has 0 aliphatic heterocycles. The first-order valence-corrected chi connectivity index (χ1v) is 7.32. The topological polar surface area (TPSA) is 118 Å². The van der Waals surface area contributed by atoms with Crippen LogP contribution in [0.5, 0.6) is 5.75 Å². The molecule has 0 saturated heterocycles. The van der Waals surface area contributed by atoms with Crippen LogP contribution >= 0.6 is 11.6 Å². The first-order valence-electron chi connectivity index (χ1n) is 6.94. The van der Waals surface area contributed by atoms with Crippen LogP contribution in [0.1, 0.15) is 16.1 Å². The van der Waals surface area contributed by atoms with Gasteiger partial charge in [-0.2, -0.15) is 5.10 Å². The number of hydrogen-bond acceptors (Lipinski definition) is 6. The molecule has 0 radical (unpaired) electrons. The van der Waals surface area contributed by atoms with E-state index in [9.17, 15) is 20.0 Å². The van der Waals surface area contributed by atoms with Crippen LogP contribution in [0.3, 0.4) is 0 Å². The number of phenolic OH excluding ortho intramolecular Hbond substituents is 1. The molecule has 2 N–H and O–H groups in total. The Kier molecular flexibility index (Phi) is 4.36. The number of rotatable bonds is 4. The molecule has 0 bridgehead atoms. The van der Waals surface area contributed by atoms with Crippen molar-refractivity contribution in [3.63, 3.8) is 0 Å². The van der Waals surface area contributed by atoms with Crippen LogP contribution in [-0.4, -0.2) is 22.2 Å². The highest BCUT2D eigenvalue weighted by Crippen LogP contribution is 2.32. The van der Waals surface area contributed by atoms with Crippen LogP contribution in [0.15, 0.2) is 52.0 Å². The number of furan rings is 1. The molecule has 0 aliphatic carbocycles. The van der Waals surface area contributed by atoms with E-state index >= 15 is 0 Å². The van der Waals surface area contributed by atoms with Crippen molar-refractivity contribution in [1.82, 2.24) is 5.43 Å². The summed E-state index contributed by atoms with van der Waals surface area (Å²) in [5.74, 6) is -1.15. The highest BCUT2D eigenvalue weighted by molar-refractivity contribution is 6.31. The minimum Gasteiger partial charge on any atom is -0.502 e. The van der Waals surface area contributed by atoms with Crippen molar-refractivity contribution in [1.29, 1.82) is 0 Å². The van der Waals surface area contributed by atoms with Crippen molar-refractivity contribution >= 4 is 40.4 Å². The Balaban J connectivity index is 1.79. The van der Waals surface area contributed by atoms with E-state index in [1.807, 2.05) is 6.07 Å². The van der Waals surface area contributed by atoms with Gasteiger partial charge in [0.2, 0.25) is 5.75 Å². The summed E-state index contributed by atoms with van der Waals surface area (Å²) >= 11 is 5.77. The van der Waals surface area contributed by atoms with Crippen LogP contribution in [0.25, 0.3) is 11.0 Å². The summed E-state index contributed by atoms with van der Waals surface area (Å²) in [5.41, 5.74) is 2.20. The Morgan fingerprint density at radius 2 is 2.08 bits per heavy atom. The number of halogens is 1. The van der Waals surface area contributed by atoms with Crippen LogP contribution < -0.4 is 5.43 Å². The van der Waals surface area contributed by atoms with Gasteiger partial charge < -0.3 is 9.52 Å². The number of para-hydroxylation sites is 1. The number of nitrogens with one attached hydrogen (secondary N) is 1. The zero-order valence-corrected chi connectivity index (χ0v) is 13.2. The number of amides is 1. The number of benzene rings is 2. The predicted octanol–water partition coefficient (Wildman–Crippen LogP) is 3.46. The molecule has 2 aromatic carbocycles. The molecule has 0 fully saturated rings. The van der Waals surface area contributed by atoms with Crippen molar-refractivity contribution < 1.29 is 19.2 Å². The number of nitro benzene ring substituents is 1. The molecule has 25 heavy (non-hydrogen) atoms. The smallest absolute Gasteiger partial charge is 0.312 e. The van der Waals surface area contributed by atoms with Gasteiger partial charge in [0, 0.05) is 22.0 Å². The molecule has 3 rings (SSSR count). The molecule has 0 unspecified atom stereocenters. The number of hydrazone groups is 1. The van der Waals surface area contributed by atoms with Gasteiger partial charge in [-0.25, -0.2) is 5.43 Å². The van der Waals surface area contributed by atoms with Crippen LogP contribution in [0.4, 0.5) is 5.69 Å². The van der Waals surface area contributed by atoms with Crippen molar-refractivity contribution in [3.8, 4) is 5.75 Å². The fraction of sp³-hybridized carbons (Fsp3) is 0. The highest BCUT2D eigenvalue weighted by atomic mass is 35.5. The Hall–Kier alpha value is -3.39. The second kappa shape index (κ2) is 6.62. The maximum absolute atomic E-state index is 12.0. The average molecular weight is 360 g/mol. The molecule has 1 heterocycles. The average Bonchev–Trinajstić information content (AvgIpc) is 3.01. The normalized spacial score (nSPS) is 11.1. The Labute approximate surface area is 145 Å². The summed E-state index contributed by atoms with van der Waals surface area (Å²) in [6, 6.07) is 11.0. The number of carbonyl (C=O) groups is 1. The predicted molar refractivity (Wildman–Crippen MR) is 91.0 cm³/mol. The molecule has 1 aromatic heterocycles. The number of hydrogen-bond donors (Lipinski definition) is 2. The summed E-state index contributed by atoms with van der Waals surface area (Å²) in [6.45, 7) is 0. The summed E-state index contributed by atoms with van der Waals surface area (Å²) in [6.07, 6.45) is 1.05. The highest BCUT2D eigenvalue weighted by Gasteiger charge is 2.18. The van der Waals surface area contributed by atoms with Crippen molar-refractivity contribution in [2.75, 3.05) is 0 Å². The number of nitrogens with zero attached hydrogens (tertiary/aromatic N) is 2. The van der Waals surface area contributed by atoms with Gasteiger partial charge in [0.1, 0.15) is 5.58 Å². The van der Waals surface area contributed by atoms with Gasteiger partial charge in [-0.3, -0.25) is 14.9 Å². The standard InChI is InChI=1S/C16H10ClN3O5/c17-11-5-10(15(21)12(7-11)20(23)24)8-18-19-16(22)14-6-9-3-1-2-4-13(9)25-14/h1-8,21H,(H,19,22)/b18-8+. The van der Waals surface area contributed by atoms with Gasteiger partial charge in [-0.15, -0.1) is 0 Å². The Bertz CT molecular complexity index is 979. The molecule has 8 nitrogen and oxygen atoms in total. The fourth-order valence-electron chi connectivity index (χ4n) is 2.15. The van der Waals surface area contributed by atoms with Crippen molar-refractivity contribution in [3.05, 3.63) is 68.9 Å². The van der Waals surface area contributed by atoms with E-state index in [0.717, 1.165) is 17.7 Å². The molecule has 9 heteroatoms. The molecule has 1 amide bonds. The third kappa shape index (κ3) is 3.43. The summed E-state index contributed by atoms with van der Waals surface area (Å²) in [5, 5.41) is 25.2. The largest absolute Gasteiger partial charge is 0.502 e. The third-order valence-electron chi connectivity index (χ3n) is 3.30. The number of aromatic hydroxyl groups is 1. The number of fused-ring (bicyclic) bond motifs is 1. The summed E-state index contributed by atoms with van der Waals surface area (Å²) < 4.78 is 5.38. The lowest BCUT2D eigenvalue weighted by molar-refractivity contribution is -0.385. The van der Waals surface area contributed by atoms with Gasteiger partial charge in [-0.1, -0.05) is 29.8 Å². The molecule has 3 aromatic rings. The zero-order valence-electron chi connectivity index (χ0n) is 12.5. The maximum Gasteiger partial charge on any atom is 0.312 e. The lowest BCUT2D eigenvalue weighted by atomic mass is 10.2. The first-order chi connectivity index (χ1) is 12.0. The lowest BCUT2D eigenvalue weighted by Crippen LogP contribution is -2.16. The summed E-state index contributed by atoms with van der Waals surface area (Å²) in [4.78, 5) is 22.1. The van der Waals surface area contributed by atoms with Crippen LogP contribution in [-0.2, 0) is 0 Å². The molecule has 0 spiro atoms. The van der Waals surface area contributed by atoms with Crippen molar-refractivity contribution in [2.45, 2.75) is 0 Å². The second-order valence-corrected chi connectivity index (χ2v) is 5.40. The van der Waals surface area contributed by atoms with Gasteiger partial charge in [0.25, 0.3) is 0 Å². The maximum atomic E-state index is 12.0. The monoisotopic (exact) mass is 359 g/mol. The van der Waals surface area contributed by atoms with E-state index in [1.165, 1.54) is 6.07 Å². The van der Waals surface area contributed by atoms with Crippen molar-refractivity contribution in [2.24, 2.45) is 5.10 Å². The molecular formula is C16H10ClN3O5. The van der Waals surface area contributed by atoms with E-state index in [4.69, 9.17) is 16.0 Å². The fourth-order valence-corrected chi connectivity index (χ4v) is 2.37. The molecule has 126 valence electrons.